The maximum absolute atomic E-state index is 12.6. The number of pyridine rings is 1. The Morgan fingerprint density at radius 3 is 2.55 bits per heavy atom. The highest BCUT2D eigenvalue weighted by atomic mass is 79.9. The largest absolute Gasteiger partial charge is 0.456 e. The number of alkyl halides is 3. The van der Waals surface area contributed by atoms with Gasteiger partial charge in [-0.25, -0.2) is 4.98 Å². The Morgan fingerprint density at radius 1 is 1.19 bits per heavy atom. The van der Waals surface area contributed by atoms with Crippen molar-refractivity contribution >= 4 is 43.2 Å². The van der Waals surface area contributed by atoms with Crippen molar-refractivity contribution in [1.82, 2.24) is 4.98 Å². The van der Waals surface area contributed by atoms with Crippen molar-refractivity contribution in [3.63, 3.8) is 0 Å². The van der Waals surface area contributed by atoms with Gasteiger partial charge < -0.3 is 4.74 Å². The molecule has 164 valence electrons. The minimum Gasteiger partial charge on any atom is -0.456 e. The van der Waals surface area contributed by atoms with Crippen LogP contribution in [0, 0.1) is 0 Å². The zero-order chi connectivity index (χ0) is 22.8. The highest BCUT2D eigenvalue weighted by Crippen LogP contribution is 2.32. The van der Waals surface area contributed by atoms with Gasteiger partial charge in [-0.05, 0) is 77.8 Å². The van der Waals surface area contributed by atoms with Crippen LogP contribution in [-0.4, -0.2) is 13.4 Å². The van der Waals surface area contributed by atoms with Crippen LogP contribution in [0.15, 0.2) is 80.6 Å². The molecule has 0 saturated heterocycles. The third-order valence-electron chi connectivity index (χ3n) is 4.04. The number of rotatable bonds is 5. The average Bonchev–Trinajstić information content (AvgIpc) is 2.83. The summed E-state index contributed by atoms with van der Waals surface area (Å²) in [5.41, 5.74) is 0.200. The fourth-order valence-electron chi connectivity index (χ4n) is 2.55. The number of hydrogen-bond donors (Lipinski definition) is 1. The monoisotopic (exact) mass is 534 g/mol. The number of hydrogen-bond acceptors (Lipinski definition) is 4. The smallest absolute Gasteiger partial charge is 0.417 e. The topological polar surface area (TPSA) is 68.3 Å². The van der Waals surface area contributed by atoms with E-state index in [1.54, 1.807) is 6.08 Å². The number of benzene rings is 1. The van der Waals surface area contributed by atoms with Gasteiger partial charge in [-0.15, -0.1) is 0 Å². The molecule has 31 heavy (non-hydrogen) atoms. The minimum absolute atomic E-state index is 0.168. The van der Waals surface area contributed by atoms with Gasteiger partial charge in [0.15, 0.2) is 5.03 Å². The Hall–Kier alpha value is -2.30. The molecule has 3 rings (SSSR count). The second-order valence-corrected chi connectivity index (χ2v) is 9.49. The zero-order valence-corrected chi connectivity index (χ0v) is 19.0. The molecule has 0 atom stereocenters. The van der Waals surface area contributed by atoms with E-state index in [9.17, 15) is 21.6 Å². The van der Waals surface area contributed by atoms with Gasteiger partial charge in [-0.2, -0.15) is 21.6 Å². The van der Waals surface area contributed by atoms with E-state index in [1.165, 1.54) is 18.2 Å². The molecule has 0 unspecified atom stereocenters. The minimum atomic E-state index is -4.61. The van der Waals surface area contributed by atoms with Crippen molar-refractivity contribution in [3.8, 4) is 5.75 Å². The SMILES string of the molecule is CC1=CC(Cl)=CC(Oc2ccc(NS(=O)(=O)c3ccc(C(F)(F)F)cn3)cc2Br)=CC1. The lowest BCUT2D eigenvalue weighted by Crippen LogP contribution is -2.15. The quantitative estimate of drug-likeness (QED) is 0.481. The van der Waals surface area contributed by atoms with E-state index in [-0.39, 0.29) is 5.69 Å². The molecule has 1 aliphatic rings. The molecule has 11 heteroatoms. The van der Waals surface area contributed by atoms with E-state index in [0.717, 1.165) is 11.6 Å². The molecular formula is C20H15BrClF3N2O3S. The first-order chi connectivity index (χ1) is 14.4. The van der Waals surface area contributed by atoms with Crippen molar-refractivity contribution in [3.05, 3.63) is 81.2 Å². The number of ether oxygens (including phenoxy) is 1. The average molecular weight is 536 g/mol. The number of halogens is 5. The van der Waals surface area contributed by atoms with Crippen molar-refractivity contribution in [1.29, 1.82) is 0 Å². The van der Waals surface area contributed by atoms with Crippen molar-refractivity contribution in [2.75, 3.05) is 4.72 Å². The Labute approximate surface area is 190 Å². The molecule has 0 radical (unpaired) electrons. The molecule has 0 saturated carbocycles. The first-order valence-electron chi connectivity index (χ1n) is 8.72. The maximum Gasteiger partial charge on any atom is 0.417 e. The van der Waals surface area contributed by atoms with Crippen LogP contribution in [0.4, 0.5) is 18.9 Å². The highest BCUT2D eigenvalue weighted by Gasteiger charge is 2.31. The fourth-order valence-corrected chi connectivity index (χ4v) is 4.29. The second-order valence-electron chi connectivity index (χ2n) is 6.57. The van der Waals surface area contributed by atoms with Gasteiger partial charge in [0, 0.05) is 11.2 Å². The van der Waals surface area contributed by atoms with E-state index < -0.39 is 26.8 Å². The lowest BCUT2D eigenvalue weighted by Gasteiger charge is -2.12. The predicted molar refractivity (Wildman–Crippen MR) is 115 cm³/mol. The van der Waals surface area contributed by atoms with E-state index in [1.807, 2.05) is 19.1 Å². The molecule has 1 aliphatic carbocycles. The number of sulfonamides is 1. The molecule has 2 aromatic rings. The predicted octanol–water partition coefficient (Wildman–Crippen LogP) is 6.40. The Balaban J connectivity index is 1.76. The first kappa shape index (κ1) is 23.4. The van der Waals surface area contributed by atoms with Crippen LogP contribution in [0.25, 0.3) is 0 Å². The number of nitrogens with zero attached hydrogens (tertiary/aromatic N) is 1. The Kier molecular flexibility index (Phi) is 6.82. The maximum atomic E-state index is 12.6. The third-order valence-corrected chi connectivity index (χ3v) is 6.18. The van der Waals surface area contributed by atoms with E-state index in [0.29, 0.717) is 39.7 Å². The fraction of sp³-hybridized carbons (Fsp3) is 0.150. The third kappa shape index (κ3) is 6.11. The molecule has 1 heterocycles. The van der Waals surface area contributed by atoms with Crippen LogP contribution in [0.2, 0.25) is 0 Å². The molecule has 0 aliphatic heterocycles. The van der Waals surface area contributed by atoms with Gasteiger partial charge in [0.2, 0.25) is 0 Å². The molecule has 5 nitrogen and oxygen atoms in total. The lowest BCUT2D eigenvalue weighted by atomic mass is 10.2. The van der Waals surface area contributed by atoms with Crippen LogP contribution in [0.1, 0.15) is 18.9 Å². The van der Waals surface area contributed by atoms with Gasteiger partial charge in [-0.1, -0.05) is 17.2 Å². The molecule has 0 spiro atoms. The van der Waals surface area contributed by atoms with Gasteiger partial charge >= 0.3 is 6.18 Å². The van der Waals surface area contributed by atoms with Crippen molar-refractivity contribution < 1.29 is 26.3 Å². The summed E-state index contributed by atoms with van der Waals surface area (Å²) in [6.07, 6.45) is 1.88. The van der Waals surface area contributed by atoms with E-state index in [4.69, 9.17) is 16.3 Å². The summed E-state index contributed by atoms with van der Waals surface area (Å²) in [5, 5.41) is -0.0194. The standard InChI is InChI=1S/C20H15BrClF3N2O3S/c1-12-2-5-16(9-14(22)8-12)30-18-6-4-15(10-17(18)21)27-31(28,29)19-7-3-13(11-26-19)20(23,24)25/h3-11,27H,2H2,1H3. The van der Waals surface area contributed by atoms with Crippen LogP contribution < -0.4 is 9.46 Å². The summed E-state index contributed by atoms with van der Waals surface area (Å²) in [6, 6.07) is 5.90. The summed E-state index contributed by atoms with van der Waals surface area (Å²) < 4.78 is 71.3. The van der Waals surface area contributed by atoms with Crippen molar-refractivity contribution in [2.24, 2.45) is 0 Å². The molecule has 0 bridgehead atoms. The molecule has 1 aromatic heterocycles. The summed E-state index contributed by atoms with van der Waals surface area (Å²) in [4.78, 5) is 3.41. The summed E-state index contributed by atoms with van der Waals surface area (Å²) in [6.45, 7) is 1.94. The van der Waals surface area contributed by atoms with Crippen LogP contribution in [0.5, 0.6) is 5.75 Å². The lowest BCUT2D eigenvalue weighted by molar-refractivity contribution is -0.137. The molecular weight excluding hydrogens is 521 g/mol. The van der Waals surface area contributed by atoms with E-state index >= 15 is 0 Å². The van der Waals surface area contributed by atoms with Gasteiger partial charge in [0.25, 0.3) is 10.0 Å². The van der Waals surface area contributed by atoms with Gasteiger partial charge in [-0.3, -0.25) is 4.72 Å². The second kappa shape index (κ2) is 9.05. The van der Waals surface area contributed by atoms with E-state index in [2.05, 4.69) is 25.6 Å². The van der Waals surface area contributed by atoms with Crippen LogP contribution in [-0.2, 0) is 16.2 Å². The number of anilines is 1. The normalized spacial score (nSPS) is 14.8. The van der Waals surface area contributed by atoms with Gasteiger partial charge in [0.05, 0.1) is 15.7 Å². The van der Waals surface area contributed by atoms with Gasteiger partial charge in [0.1, 0.15) is 11.5 Å². The molecule has 1 N–H and O–H groups in total. The summed E-state index contributed by atoms with van der Waals surface area (Å²) >= 11 is 9.44. The van der Waals surface area contributed by atoms with Crippen molar-refractivity contribution in [2.45, 2.75) is 24.5 Å². The number of nitrogens with one attached hydrogen (secondary N) is 1. The summed E-state index contributed by atoms with van der Waals surface area (Å²) in [5.74, 6) is 0.947. The van der Waals surface area contributed by atoms with Crippen LogP contribution >= 0.6 is 27.5 Å². The van der Waals surface area contributed by atoms with Crippen LogP contribution in [0.3, 0.4) is 0 Å². The number of aromatic nitrogens is 1. The molecule has 1 aromatic carbocycles. The Bertz CT molecular complexity index is 1190. The molecule has 0 amide bonds. The molecule has 0 fully saturated rings. The summed E-state index contributed by atoms with van der Waals surface area (Å²) in [7, 11) is -4.19. The number of allylic oxidation sites excluding steroid dienone is 5. The Morgan fingerprint density at radius 2 is 1.94 bits per heavy atom. The highest BCUT2D eigenvalue weighted by molar-refractivity contribution is 9.10. The first-order valence-corrected chi connectivity index (χ1v) is 11.4. The zero-order valence-electron chi connectivity index (χ0n) is 15.9.